The Labute approximate surface area is 89.4 Å². The predicted molar refractivity (Wildman–Crippen MR) is 58.6 cm³/mol. The summed E-state index contributed by atoms with van der Waals surface area (Å²) in [6, 6.07) is 5.55. The summed E-state index contributed by atoms with van der Waals surface area (Å²) >= 11 is 0. The van der Waals surface area contributed by atoms with Crippen molar-refractivity contribution < 1.29 is 9.84 Å². The molecule has 0 amide bonds. The standard InChI is InChI=1S/C12H15NO2/c1-2-9-5-3-8-12(13-9)15-11-7-4-6-10(11)14/h2-3,5,8,10-11,14H,1,4,6-7H2/t10-,11+/m0/s1. The van der Waals surface area contributed by atoms with E-state index in [1.165, 1.54) is 0 Å². The molecule has 2 rings (SSSR count). The summed E-state index contributed by atoms with van der Waals surface area (Å²) in [6.45, 7) is 3.65. The average molecular weight is 205 g/mol. The quantitative estimate of drug-likeness (QED) is 0.820. The van der Waals surface area contributed by atoms with Crippen molar-refractivity contribution in [3.05, 3.63) is 30.5 Å². The zero-order valence-electron chi connectivity index (χ0n) is 8.60. The number of hydrogen-bond acceptors (Lipinski definition) is 3. The summed E-state index contributed by atoms with van der Waals surface area (Å²) in [5, 5.41) is 9.60. The van der Waals surface area contributed by atoms with Gasteiger partial charge in [0.2, 0.25) is 5.88 Å². The van der Waals surface area contributed by atoms with E-state index >= 15 is 0 Å². The van der Waals surface area contributed by atoms with Gasteiger partial charge in [-0.25, -0.2) is 4.98 Å². The molecule has 1 fully saturated rings. The van der Waals surface area contributed by atoms with Gasteiger partial charge in [-0.2, -0.15) is 0 Å². The van der Waals surface area contributed by atoms with Crippen LogP contribution in [0.25, 0.3) is 6.08 Å². The van der Waals surface area contributed by atoms with Gasteiger partial charge in [-0.1, -0.05) is 12.6 Å². The lowest BCUT2D eigenvalue weighted by Gasteiger charge is -2.16. The Morgan fingerprint density at radius 1 is 1.47 bits per heavy atom. The van der Waals surface area contributed by atoms with Crippen LogP contribution in [-0.2, 0) is 0 Å². The van der Waals surface area contributed by atoms with E-state index in [9.17, 15) is 5.11 Å². The van der Waals surface area contributed by atoms with Gasteiger partial charge in [0.05, 0.1) is 11.8 Å². The summed E-state index contributed by atoms with van der Waals surface area (Å²) in [6.07, 6.45) is 3.98. The predicted octanol–water partition coefficient (Wildman–Crippen LogP) is 2.02. The van der Waals surface area contributed by atoms with Crippen LogP contribution in [0.15, 0.2) is 24.8 Å². The molecule has 0 bridgehead atoms. The number of hydrogen-bond donors (Lipinski definition) is 1. The van der Waals surface area contributed by atoms with Crippen molar-refractivity contribution >= 4 is 6.08 Å². The van der Waals surface area contributed by atoms with E-state index in [0.717, 1.165) is 25.0 Å². The second kappa shape index (κ2) is 4.45. The maximum atomic E-state index is 9.60. The molecule has 0 radical (unpaired) electrons. The van der Waals surface area contributed by atoms with Crippen molar-refractivity contribution in [3.8, 4) is 5.88 Å². The van der Waals surface area contributed by atoms with E-state index in [1.54, 1.807) is 12.1 Å². The van der Waals surface area contributed by atoms with Gasteiger partial charge in [0.1, 0.15) is 6.10 Å². The van der Waals surface area contributed by atoms with Crippen LogP contribution < -0.4 is 4.74 Å². The fourth-order valence-corrected chi connectivity index (χ4v) is 1.81. The number of aliphatic hydroxyl groups is 1. The Morgan fingerprint density at radius 2 is 2.33 bits per heavy atom. The molecule has 0 saturated heterocycles. The molecule has 0 unspecified atom stereocenters. The minimum atomic E-state index is -0.348. The summed E-state index contributed by atoms with van der Waals surface area (Å²) in [4.78, 5) is 4.24. The number of aliphatic hydroxyl groups excluding tert-OH is 1. The third-order valence-corrected chi connectivity index (χ3v) is 2.64. The average Bonchev–Trinajstić information content (AvgIpc) is 2.65. The molecule has 0 aliphatic heterocycles. The maximum Gasteiger partial charge on any atom is 0.214 e. The van der Waals surface area contributed by atoms with Crippen LogP contribution in [0.2, 0.25) is 0 Å². The molecule has 0 aromatic carbocycles. The van der Waals surface area contributed by atoms with Gasteiger partial charge in [0.25, 0.3) is 0 Å². The Balaban J connectivity index is 2.06. The second-order valence-electron chi connectivity index (χ2n) is 3.76. The van der Waals surface area contributed by atoms with Crippen molar-refractivity contribution in [1.29, 1.82) is 0 Å². The Hall–Kier alpha value is -1.35. The van der Waals surface area contributed by atoms with Gasteiger partial charge in [-0.15, -0.1) is 0 Å². The highest BCUT2D eigenvalue weighted by molar-refractivity contribution is 5.42. The van der Waals surface area contributed by atoms with E-state index in [1.807, 2.05) is 12.1 Å². The van der Waals surface area contributed by atoms with E-state index in [2.05, 4.69) is 11.6 Å². The summed E-state index contributed by atoms with van der Waals surface area (Å²) in [5.41, 5.74) is 0.792. The van der Waals surface area contributed by atoms with Crippen LogP contribution in [0.1, 0.15) is 25.0 Å². The molecule has 15 heavy (non-hydrogen) atoms. The van der Waals surface area contributed by atoms with Gasteiger partial charge < -0.3 is 9.84 Å². The fourth-order valence-electron chi connectivity index (χ4n) is 1.81. The lowest BCUT2D eigenvalue weighted by atomic mass is 10.2. The van der Waals surface area contributed by atoms with Crippen LogP contribution >= 0.6 is 0 Å². The van der Waals surface area contributed by atoms with E-state index in [0.29, 0.717) is 5.88 Å². The normalized spacial score (nSPS) is 25.1. The number of ether oxygens (including phenoxy) is 1. The topological polar surface area (TPSA) is 42.4 Å². The molecular weight excluding hydrogens is 190 g/mol. The van der Waals surface area contributed by atoms with Gasteiger partial charge >= 0.3 is 0 Å². The van der Waals surface area contributed by atoms with E-state index in [4.69, 9.17) is 4.74 Å². The smallest absolute Gasteiger partial charge is 0.214 e. The Morgan fingerprint density at radius 3 is 3.00 bits per heavy atom. The number of pyridine rings is 1. The highest BCUT2D eigenvalue weighted by Gasteiger charge is 2.27. The molecular formula is C12H15NO2. The van der Waals surface area contributed by atoms with Crippen LogP contribution in [0.3, 0.4) is 0 Å². The number of nitrogens with zero attached hydrogens (tertiary/aromatic N) is 1. The SMILES string of the molecule is C=Cc1cccc(O[C@@H]2CCC[C@@H]2O)n1. The first-order chi connectivity index (χ1) is 7.29. The van der Waals surface area contributed by atoms with Gasteiger partial charge in [0.15, 0.2) is 0 Å². The summed E-state index contributed by atoms with van der Waals surface area (Å²) in [5.74, 6) is 0.568. The first kappa shape index (κ1) is 10.2. The second-order valence-corrected chi connectivity index (χ2v) is 3.76. The van der Waals surface area contributed by atoms with Gasteiger partial charge in [0, 0.05) is 6.07 Å². The van der Waals surface area contributed by atoms with Crippen molar-refractivity contribution in [3.63, 3.8) is 0 Å². The van der Waals surface area contributed by atoms with Crippen LogP contribution in [-0.4, -0.2) is 22.3 Å². The first-order valence-electron chi connectivity index (χ1n) is 5.24. The van der Waals surface area contributed by atoms with Crippen molar-refractivity contribution in [2.24, 2.45) is 0 Å². The zero-order valence-corrected chi connectivity index (χ0v) is 8.60. The molecule has 80 valence electrons. The van der Waals surface area contributed by atoms with Crippen molar-refractivity contribution in [2.75, 3.05) is 0 Å². The van der Waals surface area contributed by atoms with Crippen molar-refractivity contribution in [2.45, 2.75) is 31.5 Å². The van der Waals surface area contributed by atoms with Crippen molar-refractivity contribution in [1.82, 2.24) is 4.98 Å². The zero-order chi connectivity index (χ0) is 10.7. The lowest BCUT2D eigenvalue weighted by molar-refractivity contribution is 0.0574. The third-order valence-electron chi connectivity index (χ3n) is 2.64. The van der Waals surface area contributed by atoms with E-state index < -0.39 is 0 Å². The summed E-state index contributed by atoms with van der Waals surface area (Å²) < 4.78 is 5.62. The molecule has 1 aromatic heterocycles. The Bertz CT molecular complexity index is 351. The number of aromatic nitrogens is 1. The monoisotopic (exact) mass is 205 g/mol. The highest BCUT2D eigenvalue weighted by atomic mass is 16.5. The van der Waals surface area contributed by atoms with Crippen LogP contribution in [0.4, 0.5) is 0 Å². The Kier molecular flexibility index (Phi) is 3.02. The minimum absolute atomic E-state index is 0.0995. The molecule has 1 saturated carbocycles. The lowest BCUT2D eigenvalue weighted by Crippen LogP contribution is -2.26. The maximum absolute atomic E-state index is 9.60. The molecule has 1 aromatic rings. The third kappa shape index (κ3) is 2.36. The van der Waals surface area contributed by atoms with Gasteiger partial charge in [-0.05, 0) is 31.4 Å². The fraction of sp³-hybridized carbons (Fsp3) is 0.417. The van der Waals surface area contributed by atoms with Crippen LogP contribution in [0.5, 0.6) is 5.88 Å². The first-order valence-corrected chi connectivity index (χ1v) is 5.24. The molecule has 1 N–H and O–H groups in total. The molecule has 3 heteroatoms. The van der Waals surface area contributed by atoms with Crippen LogP contribution in [0, 0.1) is 0 Å². The summed E-state index contributed by atoms with van der Waals surface area (Å²) in [7, 11) is 0. The molecule has 2 atom stereocenters. The molecule has 3 nitrogen and oxygen atoms in total. The largest absolute Gasteiger partial charge is 0.472 e. The molecule has 0 spiro atoms. The number of rotatable bonds is 3. The molecule has 1 aliphatic carbocycles. The van der Waals surface area contributed by atoms with E-state index in [-0.39, 0.29) is 12.2 Å². The van der Waals surface area contributed by atoms with Gasteiger partial charge in [-0.3, -0.25) is 0 Å². The molecule has 1 aliphatic rings. The molecule has 1 heterocycles. The highest BCUT2D eigenvalue weighted by Crippen LogP contribution is 2.23. The minimum Gasteiger partial charge on any atom is -0.472 e.